The zero-order chi connectivity index (χ0) is 12.8. The molecule has 1 fully saturated rings. The average Bonchev–Trinajstić information content (AvgIpc) is 2.96. The second-order valence-corrected chi connectivity index (χ2v) is 7.29. The summed E-state index contributed by atoms with van der Waals surface area (Å²) in [5.41, 5.74) is 0. The first-order valence-corrected chi connectivity index (χ1v) is 8.70. The Kier molecular flexibility index (Phi) is 5.44. The van der Waals surface area contributed by atoms with Gasteiger partial charge in [0.1, 0.15) is 0 Å². The lowest BCUT2D eigenvalue weighted by atomic mass is 10.1. The van der Waals surface area contributed by atoms with Crippen LogP contribution >= 0.6 is 21.6 Å². The maximum Gasteiger partial charge on any atom is 0.225 e. The van der Waals surface area contributed by atoms with Crippen molar-refractivity contribution in [2.24, 2.45) is 7.05 Å². The molecule has 0 aromatic carbocycles. The average molecular weight is 285 g/mol. The van der Waals surface area contributed by atoms with E-state index in [2.05, 4.69) is 10.4 Å². The highest BCUT2D eigenvalue weighted by Gasteiger charge is 2.15. The van der Waals surface area contributed by atoms with Gasteiger partial charge in [-0.15, -0.1) is 0 Å². The molecule has 0 radical (unpaired) electrons. The van der Waals surface area contributed by atoms with Crippen molar-refractivity contribution in [1.82, 2.24) is 9.78 Å². The number of carbonyl (C=O) groups excluding carboxylic acids is 1. The van der Waals surface area contributed by atoms with Crippen molar-refractivity contribution in [3.63, 3.8) is 0 Å². The van der Waals surface area contributed by atoms with Crippen LogP contribution in [0.1, 0.15) is 32.1 Å². The molecule has 0 unspecified atom stereocenters. The molecule has 2 rings (SSSR count). The monoisotopic (exact) mass is 285 g/mol. The third kappa shape index (κ3) is 4.57. The Bertz CT molecular complexity index is 388. The smallest absolute Gasteiger partial charge is 0.225 e. The molecule has 1 aromatic heterocycles. The number of hydrogen-bond acceptors (Lipinski definition) is 4. The van der Waals surface area contributed by atoms with Crippen molar-refractivity contribution in [3.05, 3.63) is 12.3 Å². The summed E-state index contributed by atoms with van der Waals surface area (Å²) in [5.74, 6) is 2.00. The molecule has 0 aliphatic carbocycles. The zero-order valence-corrected chi connectivity index (χ0v) is 12.2. The van der Waals surface area contributed by atoms with Crippen molar-refractivity contribution in [2.45, 2.75) is 37.4 Å². The number of carbonyl (C=O) groups is 1. The Hall–Kier alpha value is -0.620. The molecule has 1 saturated heterocycles. The Labute approximate surface area is 116 Å². The Balaban J connectivity index is 1.57. The van der Waals surface area contributed by atoms with Gasteiger partial charge in [0, 0.05) is 36.7 Å². The molecule has 0 bridgehead atoms. The van der Waals surface area contributed by atoms with Gasteiger partial charge in [-0.2, -0.15) is 5.10 Å². The molecule has 0 spiro atoms. The topological polar surface area (TPSA) is 46.9 Å². The molecule has 1 aliphatic rings. The Morgan fingerprint density at radius 3 is 3.17 bits per heavy atom. The van der Waals surface area contributed by atoms with Gasteiger partial charge in [0.2, 0.25) is 5.91 Å². The van der Waals surface area contributed by atoms with Gasteiger partial charge in [-0.25, -0.2) is 0 Å². The van der Waals surface area contributed by atoms with Crippen molar-refractivity contribution in [1.29, 1.82) is 0 Å². The van der Waals surface area contributed by atoms with Crippen LogP contribution in [0.15, 0.2) is 12.3 Å². The molecular weight excluding hydrogens is 266 g/mol. The number of amides is 1. The van der Waals surface area contributed by atoms with Gasteiger partial charge in [-0.3, -0.25) is 9.48 Å². The van der Waals surface area contributed by atoms with Crippen LogP contribution in [0.25, 0.3) is 0 Å². The standard InChI is InChI=1S/C12H19N3OS2/c1-15-8-6-11(14-15)13-12(16)5-3-2-4-10-7-9-17-18-10/h6,8,10H,2-5,7,9H2,1H3,(H,13,14,16)/t10-/m1/s1. The van der Waals surface area contributed by atoms with E-state index in [-0.39, 0.29) is 5.91 Å². The van der Waals surface area contributed by atoms with E-state index in [4.69, 9.17) is 0 Å². The summed E-state index contributed by atoms with van der Waals surface area (Å²) in [6, 6.07) is 1.81. The zero-order valence-electron chi connectivity index (χ0n) is 10.6. The number of aryl methyl sites for hydroxylation is 1. The van der Waals surface area contributed by atoms with Crippen LogP contribution in [0.5, 0.6) is 0 Å². The van der Waals surface area contributed by atoms with Crippen LogP contribution in [0, 0.1) is 0 Å². The fourth-order valence-corrected chi connectivity index (χ4v) is 4.94. The van der Waals surface area contributed by atoms with Crippen molar-refractivity contribution >= 4 is 33.3 Å². The van der Waals surface area contributed by atoms with Crippen LogP contribution < -0.4 is 5.32 Å². The number of nitrogens with zero attached hydrogens (tertiary/aromatic N) is 2. The SMILES string of the molecule is Cn1ccc(NC(=O)CCCC[C@@H]2CCSS2)n1. The van der Waals surface area contributed by atoms with Crippen molar-refractivity contribution in [3.8, 4) is 0 Å². The van der Waals surface area contributed by atoms with Crippen LogP contribution in [0.2, 0.25) is 0 Å². The lowest BCUT2D eigenvalue weighted by Crippen LogP contribution is -2.12. The number of nitrogens with one attached hydrogen (secondary N) is 1. The highest BCUT2D eigenvalue weighted by molar-refractivity contribution is 8.77. The van der Waals surface area contributed by atoms with Crippen LogP contribution in [0.4, 0.5) is 5.82 Å². The summed E-state index contributed by atoms with van der Waals surface area (Å²) >= 11 is 0. The summed E-state index contributed by atoms with van der Waals surface area (Å²) in [6.07, 6.45) is 7.12. The molecule has 100 valence electrons. The first-order chi connectivity index (χ1) is 8.74. The summed E-state index contributed by atoms with van der Waals surface area (Å²) in [4.78, 5) is 11.6. The van der Waals surface area contributed by atoms with E-state index < -0.39 is 0 Å². The quantitative estimate of drug-likeness (QED) is 0.644. The normalized spacial score (nSPS) is 19.1. The van der Waals surface area contributed by atoms with E-state index in [0.717, 1.165) is 18.1 Å². The Morgan fingerprint density at radius 1 is 1.61 bits per heavy atom. The predicted octanol–water partition coefficient (Wildman–Crippen LogP) is 3.07. The molecule has 4 nitrogen and oxygen atoms in total. The number of aromatic nitrogens is 2. The fourth-order valence-electron chi connectivity index (χ4n) is 1.91. The molecule has 1 atom stereocenters. The van der Waals surface area contributed by atoms with E-state index in [1.807, 2.05) is 40.9 Å². The number of hydrogen-bond donors (Lipinski definition) is 1. The lowest BCUT2D eigenvalue weighted by molar-refractivity contribution is -0.116. The minimum absolute atomic E-state index is 0.0714. The summed E-state index contributed by atoms with van der Waals surface area (Å²) in [6.45, 7) is 0. The highest BCUT2D eigenvalue weighted by atomic mass is 33.1. The van der Waals surface area contributed by atoms with Gasteiger partial charge >= 0.3 is 0 Å². The van der Waals surface area contributed by atoms with Gasteiger partial charge in [0.25, 0.3) is 0 Å². The summed E-state index contributed by atoms with van der Waals surface area (Å²) in [5, 5.41) is 7.75. The molecule has 18 heavy (non-hydrogen) atoms. The summed E-state index contributed by atoms with van der Waals surface area (Å²) < 4.78 is 1.69. The number of anilines is 1. The second kappa shape index (κ2) is 7.09. The molecule has 1 aromatic rings. The van der Waals surface area contributed by atoms with Crippen LogP contribution in [-0.2, 0) is 11.8 Å². The number of rotatable bonds is 6. The molecular formula is C12H19N3OS2. The number of unbranched alkanes of at least 4 members (excludes halogenated alkanes) is 1. The van der Waals surface area contributed by atoms with Gasteiger partial charge in [0.05, 0.1) is 0 Å². The first kappa shape index (κ1) is 13.8. The molecule has 1 amide bonds. The van der Waals surface area contributed by atoms with Gasteiger partial charge in [0.15, 0.2) is 5.82 Å². The van der Waals surface area contributed by atoms with Gasteiger partial charge in [-0.1, -0.05) is 28.0 Å². The van der Waals surface area contributed by atoms with Crippen LogP contribution in [-0.4, -0.2) is 26.7 Å². The van der Waals surface area contributed by atoms with Gasteiger partial charge in [-0.05, 0) is 19.3 Å². The maximum absolute atomic E-state index is 11.6. The van der Waals surface area contributed by atoms with E-state index in [1.54, 1.807) is 4.68 Å². The van der Waals surface area contributed by atoms with E-state index in [9.17, 15) is 4.79 Å². The lowest BCUT2D eigenvalue weighted by Gasteiger charge is -2.06. The highest BCUT2D eigenvalue weighted by Crippen LogP contribution is 2.39. The second-order valence-electron chi connectivity index (χ2n) is 4.50. The van der Waals surface area contributed by atoms with E-state index in [0.29, 0.717) is 12.2 Å². The largest absolute Gasteiger partial charge is 0.309 e. The van der Waals surface area contributed by atoms with Crippen molar-refractivity contribution < 1.29 is 4.79 Å². The maximum atomic E-state index is 11.6. The minimum Gasteiger partial charge on any atom is -0.309 e. The molecule has 1 N–H and O–H groups in total. The summed E-state index contributed by atoms with van der Waals surface area (Å²) in [7, 11) is 5.83. The molecule has 6 heteroatoms. The molecule has 1 aliphatic heterocycles. The molecule has 0 saturated carbocycles. The Morgan fingerprint density at radius 2 is 2.50 bits per heavy atom. The van der Waals surface area contributed by atoms with E-state index >= 15 is 0 Å². The third-order valence-electron chi connectivity index (χ3n) is 2.89. The van der Waals surface area contributed by atoms with Crippen LogP contribution in [0.3, 0.4) is 0 Å². The van der Waals surface area contributed by atoms with Gasteiger partial charge < -0.3 is 5.32 Å². The van der Waals surface area contributed by atoms with E-state index in [1.165, 1.54) is 18.6 Å². The third-order valence-corrected chi connectivity index (χ3v) is 5.90. The van der Waals surface area contributed by atoms with Crippen molar-refractivity contribution in [2.75, 3.05) is 11.1 Å². The first-order valence-electron chi connectivity index (χ1n) is 6.32. The predicted molar refractivity (Wildman–Crippen MR) is 78.8 cm³/mol. The molecule has 2 heterocycles. The fraction of sp³-hybridized carbons (Fsp3) is 0.667. The minimum atomic E-state index is 0.0714.